The third-order valence-corrected chi connectivity index (χ3v) is 3.49. The predicted octanol–water partition coefficient (Wildman–Crippen LogP) is -4.45. The van der Waals surface area contributed by atoms with Crippen molar-refractivity contribution in [3.05, 3.63) is 23.5 Å². The molecular formula is C9H13B5F3NO. The van der Waals surface area contributed by atoms with Crippen molar-refractivity contribution in [1.29, 1.82) is 0 Å². The van der Waals surface area contributed by atoms with Gasteiger partial charge in [-0.15, -0.1) is 0 Å². The van der Waals surface area contributed by atoms with Crippen LogP contribution in [0.2, 0.25) is 0 Å². The van der Waals surface area contributed by atoms with Crippen LogP contribution in [0.1, 0.15) is 0 Å². The monoisotopic (exact) mass is 263 g/mol. The van der Waals surface area contributed by atoms with E-state index in [1.54, 1.807) is 0 Å². The molecule has 1 heterocycles. The van der Waals surface area contributed by atoms with Crippen molar-refractivity contribution >= 4 is 44.7 Å². The predicted molar refractivity (Wildman–Crippen MR) is 81.7 cm³/mol. The Morgan fingerprint density at radius 1 is 1.05 bits per heavy atom. The molecule has 0 amide bonds. The molecule has 0 unspecified atom stereocenters. The van der Waals surface area contributed by atoms with Gasteiger partial charge in [-0.05, 0) is 22.2 Å². The third-order valence-electron chi connectivity index (χ3n) is 3.49. The van der Waals surface area contributed by atoms with E-state index in [0.717, 1.165) is 6.07 Å². The Balaban J connectivity index is 2.37. The smallest absolute Gasteiger partial charge is 0.203 e. The molecule has 1 aliphatic heterocycles. The SMILES string of the molecule is Bc1cc(F)c(OC2C(B)(B)NC2(B)B)c(F)c1F. The topological polar surface area (TPSA) is 21.3 Å². The van der Waals surface area contributed by atoms with Crippen molar-refractivity contribution in [1.82, 2.24) is 5.32 Å². The molecule has 0 aliphatic carbocycles. The van der Waals surface area contributed by atoms with Crippen molar-refractivity contribution in [3.63, 3.8) is 0 Å². The van der Waals surface area contributed by atoms with Gasteiger partial charge in [0.15, 0.2) is 17.4 Å². The molecule has 2 rings (SSSR count). The van der Waals surface area contributed by atoms with E-state index in [1.807, 2.05) is 31.4 Å². The summed E-state index contributed by atoms with van der Waals surface area (Å²) in [4.78, 5) is 0. The summed E-state index contributed by atoms with van der Waals surface area (Å²) < 4.78 is 46.5. The van der Waals surface area contributed by atoms with Gasteiger partial charge in [-0.3, -0.25) is 0 Å². The average molecular weight is 262 g/mol. The van der Waals surface area contributed by atoms with Crippen LogP contribution in [0, 0.1) is 17.5 Å². The van der Waals surface area contributed by atoms with Gasteiger partial charge in [0.1, 0.15) is 45.3 Å². The van der Waals surface area contributed by atoms with Crippen molar-refractivity contribution in [3.8, 4) is 5.75 Å². The van der Waals surface area contributed by atoms with E-state index in [-0.39, 0.29) is 5.46 Å². The van der Waals surface area contributed by atoms with Crippen LogP contribution in [0.15, 0.2) is 6.07 Å². The van der Waals surface area contributed by atoms with Crippen LogP contribution in [-0.4, -0.2) is 56.0 Å². The second-order valence-corrected chi connectivity index (χ2v) is 6.20. The normalized spacial score (nSPS) is 20.8. The minimum absolute atomic E-state index is 0.0763. The first-order chi connectivity index (χ1) is 8.56. The Kier molecular flexibility index (Phi) is 3.28. The van der Waals surface area contributed by atoms with Gasteiger partial charge in [-0.25, -0.2) is 8.78 Å². The fraction of sp³-hybridized carbons (Fsp3) is 0.333. The first-order valence-electron chi connectivity index (χ1n) is 6.16. The van der Waals surface area contributed by atoms with E-state index < -0.39 is 40.0 Å². The van der Waals surface area contributed by atoms with Crippen LogP contribution in [0.3, 0.4) is 0 Å². The second kappa shape index (κ2) is 4.30. The number of halogens is 3. The molecule has 0 spiro atoms. The molecule has 1 saturated heterocycles. The molecule has 0 saturated carbocycles. The summed E-state index contributed by atoms with van der Waals surface area (Å²) in [5.41, 5.74) is -0.0763. The molecule has 0 aromatic heterocycles. The Bertz CT molecular complexity index is 525. The number of hydrogen-bond acceptors (Lipinski definition) is 2. The fourth-order valence-corrected chi connectivity index (χ4v) is 3.00. The minimum Gasteiger partial charge on any atom is -0.484 e. The minimum atomic E-state index is -1.27. The van der Waals surface area contributed by atoms with Gasteiger partial charge >= 0.3 is 0 Å². The molecule has 1 aromatic carbocycles. The highest BCUT2D eigenvalue weighted by molar-refractivity contribution is 6.49. The lowest BCUT2D eigenvalue weighted by atomic mass is 9.38. The molecule has 1 fully saturated rings. The van der Waals surface area contributed by atoms with E-state index in [0.29, 0.717) is 0 Å². The number of nitrogens with one attached hydrogen (secondary N) is 1. The maximum absolute atomic E-state index is 13.8. The van der Waals surface area contributed by atoms with Crippen LogP contribution in [0.5, 0.6) is 5.75 Å². The van der Waals surface area contributed by atoms with Crippen LogP contribution >= 0.6 is 0 Å². The van der Waals surface area contributed by atoms with Gasteiger partial charge < -0.3 is 10.1 Å². The van der Waals surface area contributed by atoms with Gasteiger partial charge in [-0.1, -0.05) is 0 Å². The summed E-state index contributed by atoms with van der Waals surface area (Å²) >= 11 is 0. The number of rotatable bonds is 2. The van der Waals surface area contributed by atoms with Gasteiger partial charge in [0.05, 0.1) is 0 Å². The first-order valence-corrected chi connectivity index (χ1v) is 6.16. The number of benzene rings is 1. The molecule has 0 atom stereocenters. The molecule has 96 valence electrons. The Labute approximate surface area is 114 Å². The zero-order chi connectivity index (χ0) is 14.6. The highest BCUT2D eigenvalue weighted by atomic mass is 19.2. The zero-order valence-electron chi connectivity index (χ0n) is 11.7. The van der Waals surface area contributed by atoms with Crippen molar-refractivity contribution in [2.45, 2.75) is 16.8 Å². The summed E-state index contributed by atoms with van der Waals surface area (Å²) in [5, 5.41) is 2.38. The maximum atomic E-state index is 13.8. The van der Waals surface area contributed by atoms with Crippen LogP contribution in [0.4, 0.5) is 13.2 Å². The van der Waals surface area contributed by atoms with Gasteiger partial charge in [0.25, 0.3) is 0 Å². The lowest BCUT2D eigenvalue weighted by Gasteiger charge is -2.59. The summed E-state index contributed by atoms with van der Waals surface area (Å²) in [7, 11) is 8.77. The van der Waals surface area contributed by atoms with E-state index in [9.17, 15) is 13.2 Å². The molecule has 1 aliphatic rings. The van der Waals surface area contributed by atoms with E-state index in [2.05, 4.69) is 5.32 Å². The third kappa shape index (κ3) is 2.31. The summed E-state index contributed by atoms with van der Waals surface area (Å²) in [6.07, 6.45) is -0.453. The van der Waals surface area contributed by atoms with Crippen molar-refractivity contribution in [2.24, 2.45) is 0 Å². The Morgan fingerprint density at radius 2 is 1.58 bits per heavy atom. The van der Waals surface area contributed by atoms with Crippen LogP contribution < -0.4 is 15.5 Å². The highest BCUT2D eigenvalue weighted by Gasteiger charge is 2.53. The maximum Gasteiger partial charge on any atom is 0.203 e. The van der Waals surface area contributed by atoms with Gasteiger partial charge in [0.2, 0.25) is 5.82 Å². The van der Waals surface area contributed by atoms with E-state index in [4.69, 9.17) is 4.74 Å². The lowest BCUT2D eigenvalue weighted by molar-refractivity contribution is 0.0533. The summed E-state index contributed by atoms with van der Waals surface area (Å²) in [6, 6.07) is 0.944. The van der Waals surface area contributed by atoms with Crippen LogP contribution in [-0.2, 0) is 0 Å². The van der Waals surface area contributed by atoms with Crippen LogP contribution in [0.25, 0.3) is 0 Å². The number of ether oxygens (including phenoxy) is 1. The largest absolute Gasteiger partial charge is 0.484 e. The molecule has 1 N–H and O–H groups in total. The molecule has 19 heavy (non-hydrogen) atoms. The molecule has 0 bridgehead atoms. The molecule has 10 heteroatoms. The fourth-order valence-electron chi connectivity index (χ4n) is 3.00. The lowest BCUT2D eigenvalue weighted by Crippen LogP contribution is -2.86. The first kappa shape index (κ1) is 14.5. The van der Waals surface area contributed by atoms with Crippen molar-refractivity contribution < 1.29 is 17.9 Å². The number of hydrogen-bond donors (Lipinski definition) is 1. The Morgan fingerprint density at radius 3 is 2.05 bits per heavy atom. The standard InChI is InChI=1S/C9H13B5F3NO/c10-2-1-3(15)6(5(17)4(2)16)19-7-8(11,12)18-9(7,13)14/h1,7,18H,10-14H2. The van der Waals surface area contributed by atoms with E-state index >= 15 is 0 Å². The van der Waals surface area contributed by atoms with Crippen molar-refractivity contribution in [2.75, 3.05) is 0 Å². The quantitative estimate of drug-likeness (QED) is 0.429. The van der Waals surface area contributed by atoms with Gasteiger partial charge in [0, 0.05) is 0 Å². The second-order valence-electron chi connectivity index (χ2n) is 6.20. The highest BCUT2D eigenvalue weighted by Crippen LogP contribution is 2.32. The van der Waals surface area contributed by atoms with Gasteiger partial charge in [-0.2, -0.15) is 4.39 Å². The molecular weight excluding hydrogens is 249 g/mol. The Hall–Kier alpha value is -0.905. The molecule has 0 radical (unpaired) electrons. The summed E-state index contributed by atoms with van der Waals surface area (Å²) in [6.45, 7) is 0. The average Bonchev–Trinajstić information content (AvgIpc) is 2.23. The zero-order valence-corrected chi connectivity index (χ0v) is 11.7. The molecule has 1 aromatic rings. The molecule has 2 nitrogen and oxygen atoms in total. The summed E-state index contributed by atoms with van der Waals surface area (Å²) in [5.74, 6) is -3.86. The van der Waals surface area contributed by atoms with E-state index in [1.165, 1.54) is 7.85 Å².